The van der Waals surface area contributed by atoms with Crippen molar-refractivity contribution in [1.29, 1.82) is 0 Å². The molecule has 0 spiro atoms. The summed E-state index contributed by atoms with van der Waals surface area (Å²) in [6, 6.07) is 3.37. The first-order valence-electron chi connectivity index (χ1n) is 6.68. The average Bonchev–Trinajstić information content (AvgIpc) is 2.32. The number of nitrogens with one attached hydrogen (secondary N) is 1. The molecule has 0 amide bonds. The molecule has 1 atom stereocenters. The highest BCUT2D eigenvalue weighted by Gasteiger charge is 2.26. The molecule has 1 aromatic carbocycles. The molecule has 0 radical (unpaired) electrons. The number of sulfonamides is 1. The van der Waals surface area contributed by atoms with Gasteiger partial charge in [0, 0.05) is 6.54 Å². The van der Waals surface area contributed by atoms with E-state index in [9.17, 15) is 13.5 Å². The van der Waals surface area contributed by atoms with Crippen LogP contribution in [0, 0.1) is 13.8 Å². The van der Waals surface area contributed by atoms with Crippen molar-refractivity contribution in [3.05, 3.63) is 23.3 Å². The van der Waals surface area contributed by atoms with Crippen LogP contribution < -0.4 is 10.5 Å². The van der Waals surface area contributed by atoms with Crippen molar-refractivity contribution in [2.45, 2.75) is 51.0 Å². The van der Waals surface area contributed by atoms with E-state index in [1.54, 1.807) is 26.0 Å². The Morgan fingerprint density at radius 1 is 1.35 bits per heavy atom. The lowest BCUT2D eigenvalue weighted by Crippen LogP contribution is -2.40. The Kier molecular flexibility index (Phi) is 5.18. The van der Waals surface area contributed by atoms with Crippen LogP contribution >= 0.6 is 0 Å². The van der Waals surface area contributed by atoms with Gasteiger partial charge >= 0.3 is 0 Å². The number of nitrogen functional groups attached to an aromatic ring is 1. The van der Waals surface area contributed by atoms with Crippen molar-refractivity contribution in [3.8, 4) is 0 Å². The number of aliphatic hydroxyl groups is 1. The number of hydrogen-bond donors (Lipinski definition) is 3. The van der Waals surface area contributed by atoms with Gasteiger partial charge in [0.2, 0.25) is 10.0 Å². The molecule has 0 heterocycles. The summed E-state index contributed by atoms with van der Waals surface area (Å²) >= 11 is 0. The zero-order chi connectivity index (χ0) is 15.6. The number of hydrogen-bond acceptors (Lipinski definition) is 4. The minimum Gasteiger partial charge on any atom is -0.398 e. The van der Waals surface area contributed by atoms with E-state index in [-0.39, 0.29) is 17.1 Å². The van der Waals surface area contributed by atoms with E-state index >= 15 is 0 Å². The fourth-order valence-corrected chi connectivity index (χ4v) is 3.71. The predicted octanol–water partition coefficient (Wildman–Crippen LogP) is 1.72. The van der Waals surface area contributed by atoms with Gasteiger partial charge in [-0.1, -0.05) is 19.4 Å². The van der Waals surface area contributed by atoms with Crippen LogP contribution in [0.2, 0.25) is 0 Å². The first kappa shape index (κ1) is 16.9. The second kappa shape index (κ2) is 6.11. The highest BCUT2D eigenvalue weighted by Crippen LogP contribution is 2.25. The molecular weight excluding hydrogens is 276 g/mol. The van der Waals surface area contributed by atoms with Crippen LogP contribution in [0.15, 0.2) is 17.0 Å². The second-order valence-electron chi connectivity index (χ2n) is 5.50. The summed E-state index contributed by atoms with van der Waals surface area (Å²) in [4.78, 5) is 0.102. The number of nitrogens with two attached hydrogens (primary N) is 1. The molecule has 0 aliphatic carbocycles. The Labute approximate surface area is 121 Å². The van der Waals surface area contributed by atoms with Crippen LogP contribution in [0.1, 0.15) is 37.8 Å². The monoisotopic (exact) mass is 300 g/mol. The third-order valence-electron chi connectivity index (χ3n) is 3.41. The molecule has 0 bridgehead atoms. The zero-order valence-corrected chi connectivity index (χ0v) is 13.3. The van der Waals surface area contributed by atoms with E-state index in [0.717, 1.165) is 12.0 Å². The first-order chi connectivity index (χ1) is 9.10. The summed E-state index contributed by atoms with van der Waals surface area (Å²) in [5.41, 5.74) is 6.44. The topological polar surface area (TPSA) is 92.4 Å². The standard InChI is InChI=1S/C14H24N2O3S/c1-5-8-14(4,17)9-16-20(18,19)13-11(3)10(2)6-7-12(13)15/h6-7,16-17H,5,8-9,15H2,1-4H3. The molecule has 4 N–H and O–H groups in total. The van der Waals surface area contributed by atoms with Gasteiger partial charge in [-0.2, -0.15) is 0 Å². The van der Waals surface area contributed by atoms with E-state index in [1.807, 2.05) is 13.8 Å². The molecule has 0 aliphatic heterocycles. The summed E-state index contributed by atoms with van der Waals surface area (Å²) in [6.45, 7) is 7.08. The molecular formula is C14H24N2O3S. The number of rotatable bonds is 6. The maximum Gasteiger partial charge on any atom is 0.242 e. The summed E-state index contributed by atoms with van der Waals surface area (Å²) in [7, 11) is -3.73. The lowest BCUT2D eigenvalue weighted by molar-refractivity contribution is 0.0554. The summed E-state index contributed by atoms with van der Waals surface area (Å²) in [5, 5.41) is 10.1. The lowest BCUT2D eigenvalue weighted by atomic mass is 10.0. The van der Waals surface area contributed by atoms with Gasteiger partial charge in [0.15, 0.2) is 0 Å². The van der Waals surface area contributed by atoms with Crippen molar-refractivity contribution in [2.75, 3.05) is 12.3 Å². The van der Waals surface area contributed by atoms with Crippen molar-refractivity contribution < 1.29 is 13.5 Å². The van der Waals surface area contributed by atoms with Crippen LogP contribution in [-0.4, -0.2) is 25.7 Å². The van der Waals surface area contributed by atoms with Crippen LogP contribution in [0.25, 0.3) is 0 Å². The van der Waals surface area contributed by atoms with Gasteiger partial charge in [-0.25, -0.2) is 13.1 Å². The van der Waals surface area contributed by atoms with E-state index in [4.69, 9.17) is 5.73 Å². The number of benzene rings is 1. The van der Waals surface area contributed by atoms with Gasteiger partial charge in [0.1, 0.15) is 4.90 Å². The molecule has 1 aromatic rings. The van der Waals surface area contributed by atoms with Gasteiger partial charge in [-0.3, -0.25) is 0 Å². The molecule has 20 heavy (non-hydrogen) atoms. The van der Waals surface area contributed by atoms with E-state index in [1.165, 1.54) is 0 Å². The Bertz CT molecular complexity index is 580. The molecule has 0 saturated carbocycles. The normalized spacial score (nSPS) is 15.1. The minimum atomic E-state index is -3.73. The van der Waals surface area contributed by atoms with Crippen molar-refractivity contribution in [3.63, 3.8) is 0 Å². The van der Waals surface area contributed by atoms with Crippen LogP contribution in [0.5, 0.6) is 0 Å². The summed E-state index contributed by atoms with van der Waals surface area (Å²) in [5.74, 6) is 0. The quantitative estimate of drug-likeness (QED) is 0.697. The maximum absolute atomic E-state index is 12.4. The number of aryl methyl sites for hydroxylation is 1. The highest BCUT2D eigenvalue weighted by molar-refractivity contribution is 7.89. The zero-order valence-electron chi connectivity index (χ0n) is 12.5. The van der Waals surface area contributed by atoms with Crippen molar-refractivity contribution in [2.24, 2.45) is 0 Å². The predicted molar refractivity (Wildman–Crippen MR) is 81.0 cm³/mol. The third-order valence-corrected chi connectivity index (χ3v) is 5.01. The summed E-state index contributed by atoms with van der Waals surface area (Å²) in [6.07, 6.45) is 1.30. The smallest absolute Gasteiger partial charge is 0.242 e. The third kappa shape index (κ3) is 3.94. The Balaban J connectivity index is 3.04. The molecule has 114 valence electrons. The van der Waals surface area contributed by atoms with Crippen molar-refractivity contribution >= 4 is 15.7 Å². The molecule has 1 rings (SSSR count). The molecule has 0 saturated heterocycles. The van der Waals surface area contributed by atoms with Gasteiger partial charge in [-0.05, 0) is 44.4 Å². The molecule has 1 unspecified atom stereocenters. The van der Waals surface area contributed by atoms with E-state index in [2.05, 4.69) is 4.72 Å². The van der Waals surface area contributed by atoms with Gasteiger partial charge in [0.05, 0.1) is 11.3 Å². The molecule has 0 aromatic heterocycles. The number of anilines is 1. The SMILES string of the molecule is CCCC(C)(O)CNS(=O)(=O)c1c(N)ccc(C)c1C. The van der Waals surface area contributed by atoms with Crippen LogP contribution in [0.3, 0.4) is 0 Å². The molecule has 6 heteroatoms. The molecule has 0 aliphatic rings. The Morgan fingerprint density at radius 3 is 2.50 bits per heavy atom. The second-order valence-corrected chi connectivity index (χ2v) is 7.20. The van der Waals surface area contributed by atoms with E-state index in [0.29, 0.717) is 12.0 Å². The Hall–Kier alpha value is -1.11. The largest absolute Gasteiger partial charge is 0.398 e. The molecule has 5 nitrogen and oxygen atoms in total. The Morgan fingerprint density at radius 2 is 1.95 bits per heavy atom. The minimum absolute atomic E-state index is 0.0318. The average molecular weight is 300 g/mol. The van der Waals surface area contributed by atoms with Gasteiger partial charge < -0.3 is 10.8 Å². The molecule has 0 fully saturated rings. The maximum atomic E-state index is 12.4. The fourth-order valence-electron chi connectivity index (χ4n) is 2.12. The van der Waals surface area contributed by atoms with Crippen LogP contribution in [0.4, 0.5) is 5.69 Å². The van der Waals surface area contributed by atoms with Crippen molar-refractivity contribution in [1.82, 2.24) is 4.72 Å². The lowest BCUT2D eigenvalue weighted by Gasteiger charge is -2.23. The summed E-state index contributed by atoms with van der Waals surface area (Å²) < 4.78 is 27.2. The fraction of sp³-hybridized carbons (Fsp3) is 0.571. The van der Waals surface area contributed by atoms with Crippen LogP contribution in [-0.2, 0) is 10.0 Å². The first-order valence-corrected chi connectivity index (χ1v) is 8.17. The highest BCUT2D eigenvalue weighted by atomic mass is 32.2. The van der Waals surface area contributed by atoms with Gasteiger partial charge in [-0.15, -0.1) is 0 Å². The van der Waals surface area contributed by atoms with E-state index < -0.39 is 15.6 Å². The van der Waals surface area contributed by atoms with Gasteiger partial charge in [0.25, 0.3) is 0 Å².